The van der Waals surface area contributed by atoms with Crippen LogP contribution in [-0.2, 0) is 0 Å². The van der Waals surface area contributed by atoms with Gasteiger partial charge >= 0.3 is 0 Å². The molecule has 0 amide bonds. The van der Waals surface area contributed by atoms with Gasteiger partial charge in [-0.1, -0.05) is 11.3 Å². The molecule has 0 bridgehead atoms. The van der Waals surface area contributed by atoms with E-state index in [1.54, 1.807) is 6.92 Å². The second kappa shape index (κ2) is 4.51. The highest BCUT2D eigenvalue weighted by atomic mass is 32.1. The van der Waals surface area contributed by atoms with E-state index in [1.165, 1.54) is 11.3 Å². The Balaban J connectivity index is 2.15. The first-order chi connectivity index (χ1) is 7.58. The maximum Gasteiger partial charge on any atom is 0.186 e. The third kappa shape index (κ3) is 2.25. The number of Topliss-reactive ketones (excluding diaryl/α,β-unsaturated/α-hetero) is 1. The van der Waals surface area contributed by atoms with Crippen LogP contribution in [0.15, 0.2) is 0 Å². The summed E-state index contributed by atoms with van der Waals surface area (Å²) in [6.07, 6.45) is 0. The number of hydrogen-bond donors (Lipinski definition) is 0. The molecule has 16 heavy (non-hydrogen) atoms. The molecule has 2 rings (SSSR count). The van der Waals surface area contributed by atoms with Gasteiger partial charge in [-0.05, 0) is 14.0 Å². The minimum atomic E-state index is 0.121. The van der Waals surface area contributed by atoms with Crippen molar-refractivity contribution in [3.8, 4) is 0 Å². The first-order valence-corrected chi connectivity index (χ1v) is 6.31. The molecule has 1 aromatic heterocycles. The van der Waals surface area contributed by atoms with Gasteiger partial charge in [0.2, 0.25) is 0 Å². The molecular formula is C11H17N3OS. The van der Waals surface area contributed by atoms with E-state index in [2.05, 4.69) is 21.8 Å². The third-order valence-electron chi connectivity index (χ3n) is 2.88. The number of aromatic nitrogens is 1. The van der Waals surface area contributed by atoms with Gasteiger partial charge in [0.05, 0.1) is 10.6 Å². The Morgan fingerprint density at radius 3 is 2.44 bits per heavy atom. The molecule has 0 unspecified atom stereocenters. The lowest BCUT2D eigenvalue weighted by molar-refractivity contribution is 0.102. The van der Waals surface area contributed by atoms with Gasteiger partial charge in [-0.25, -0.2) is 4.98 Å². The number of aryl methyl sites for hydroxylation is 1. The van der Waals surface area contributed by atoms with Gasteiger partial charge in [0.15, 0.2) is 10.9 Å². The fourth-order valence-electron chi connectivity index (χ4n) is 1.84. The number of thiazole rings is 1. The molecule has 1 aliphatic heterocycles. The third-order valence-corrected chi connectivity index (χ3v) is 4.20. The van der Waals surface area contributed by atoms with Crippen molar-refractivity contribution in [1.82, 2.24) is 9.88 Å². The van der Waals surface area contributed by atoms with Crippen molar-refractivity contribution < 1.29 is 4.79 Å². The molecule has 5 heteroatoms. The zero-order chi connectivity index (χ0) is 11.7. The van der Waals surface area contributed by atoms with E-state index in [9.17, 15) is 4.79 Å². The monoisotopic (exact) mass is 239 g/mol. The van der Waals surface area contributed by atoms with E-state index >= 15 is 0 Å². The highest BCUT2D eigenvalue weighted by Gasteiger charge is 2.19. The first-order valence-electron chi connectivity index (χ1n) is 5.50. The van der Waals surface area contributed by atoms with Crippen LogP contribution in [0.3, 0.4) is 0 Å². The lowest BCUT2D eigenvalue weighted by Crippen LogP contribution is -2.44. The predicted octanol–water partition coefficient (Wildman–Crippen LogP) is 1.41. The van der Waals surface area contributed by atoms with Gasteiger partial charge in [-0.15, -0.1) is 0 Å². The van der Waals surface area contributed by atoms with E-state index in [-0.39, 0.29) is 5.78 Å². The Hall–Kier alpha value is -0.940. The van der Waals surface area contributed by atoms with Gasteiger partial charge in [-0.3, -0.25) is 4.79 Å². The van der Waals surface area contributed by atoms with Crippen molar-refractivity contribution in [2.45, 2.75) is 13.8 Å². The molecule has 0 N–H and O–H groups in total. The number of likely N-dealkylation sites (N-methyl/N-ethyl adjacent to an activating group) is 1. The first kappa shape index (κ1) is 11.5. The summed E-state index contributed by atoms with van der Waals surface area (Å²) in [6, 6.07) is 0. The van der Waals surface area contributed by atoms with Gasteiger partial charge in [0.1, 0.15) is 0 Å². The van der Waals surface area contributed by atoms with Crippen molar-refractivity contribution >= 4 is 22.3 Å². The molecule has 1 aliphatic rings. The normalized spacial score (nSPS) is 17.8. The van der Waals surface area contributed by atoms with Crippen LogP contribution in [0.4, 0.5) is 5.13 Å². The number of anilines is 1. The number of carbonyl (C=O) groups excluding carboxylic acids is 1. The minimum Gasteiger partial charge on any atom is -0.346 e. The number of piperazine rings is 1. The van der Waals surface area contributed by atoms with Crippen molar-refractivity contribution in [1.29, 1.82) is 0 Å². The Labute approximate surface area is 99.9 Å². The maximum absolute atomic E-state index is 11.4. The van der Waals surface area contributed by atoms with Crippen LogP contribution in [0, 0.1) is 6.92 Å². The summed E-state index contributed by atoms with van der Waals surface area (Å²) in [6.45, 7) is 7.64. The van der Waals surface area contributed by atoms with E-state index in [0.717, 1.165) is 41.9 Å². The Bertz CT molecular complexity index is 394. The van der Waals surface area contributed by atoms with E-state index in [1.807, 2.05) is 6.92 Å². The van der Waals surface area contributed by atoms with Gasteiger partial charge in [0, 0.05) is 33.1 Å². The molecule has 1 aromatic rings. The van der Waals surface area contributed by atoms with Gasteiger partial charge in [-0.2, -0.15) is 0 Å². The van der Waals surface area contributed by atoms with E-state index in [0.29, 0.717) is 0 Å². The van der Waals surface area contributed by atoms with Crippen molar-refractivity contribution in [3.05, 3.63) is 10.6 Å². The van der Waals surface area contributed by atoms with Crippen LogP contribution >= 0.6 is 11.3 Å². The molecule has 0 aliphatic carbocycles. The summed E-state index contributed by atoms with van der Waals surface area (Å²) in [5.74, 6) is 0.121. The predicted molar refractivity (Wildman–Crippen MR) is 66.6 cm³/mol. The van der Waals surface area contributed by atoms with Crippen LogP contribution in [-0.4, -0.2) is 48.9 Å². The molecular weight excluding hydrogens is 222 g/mol. The summed E-state index contributed by atoms with van der Waals surface area (Å²) in [5, 5.41) is 0.996. The van der Waals surface area contributed by atoms with Crippen LogP contribution < -0.4 is 4.90 Å². The Morgan fingerprint density at radius 1 is 1.31 bits per heavy atom. The van der Waals surface area contributed by atoms with E-state index < -0.39 is 0 Å². The SMILES string of the molecule is CC(=O)c1sc(N2CCN(C)CC2)nc1C. The van der Waals surface area contributed by atoms with Crippen molar-refractivity contribution in [2.75, 3.05) is 38.1 Å². The molecule has 0 atom stereocenters. The quantitative estimate of drug-likeness (QED) is 0.731. The largest absolute Gasteiger partial charge is 0.346 e. The smallest absolute Gasteiger partial charge is 0.186 e. The Morgan fingerprint density at radius 2 is 1.94 bits per heavy atom. The van der Waals surface area contributed by atoms with Crippen LogP contribution in [0.2, 0.25) is 0 Å². The van der Waals surface area contributed by atoms with Crippen LogP contribution in [0.25, 0.3) is 0 Å². The second-order valence-electron chi connectivity index (χ2n) is 4.26. The van der Waals surface area contributed by atoms with E-state index in [4.69, 9.17) is 0 Å². The fourth-order valence-corrected chi connectivity index (χ4v) is 2.86. The molecule has 1 fully saturated rings. The zero-order valence-electron chi connectivity index (χ0n) is 9.99. The summed E-state index contributed by atoms with van der Waals surface area (Å²) < 4.78 is 0. The molecule has 1 saturated heterocycles. The topological polar surface area (TPSA) is 36.4 Å². The maximum atomic E-state index is 11.4. The summed E-state index contributed by atoms with van der Waals surface area (Å²) in [7, 11) is 2.13. The molecule has 0 aromatic carbocycles. The van der Waals surface area contributed by atoms with Crippen LogP contribution in [0.5, 0.6) is 0 Å². The molecule has 0 spiro atoms. The van der Waals surface area contributed by atoms with Crippen molar-refractivity contribution in [2.24, 2.45) is 0 Å². The highest BCUT2D eigenvalue weighted by molar-refractivity contribution is 7.17. The second-order valence-corrected chi connectivity index (χ2v) is 5.24. The molecule has 4 nitrogen and oxygen atoms in total. The molecule has 0 saturated carbocycles. The van der Waals surface area contributed by atoms with Crippen molar-refractivity contribution in [3.63, 3.8) is 0 Å². The number of carbonyl (C=O) groups is 1. The minimum absolute atomic E-state index is 0.121. The standard InChI is InChI=1S/C11H17N3OS/c1-8-10(9(2)15)16-11(12-8)14-6-4-13(3)5-7-14/h4-7H2,1-3H3. The lowest BCUT2D eigenvalue weighted by atomic mass is 10.3. The number of hydrogen-bond acceptors (Lipinski definition) is 5. The number of ketones is 1. The van der Waals surface area contributed by atoms with Crippen LogP contribution in [0.1, 0.15) is 22.3 Å². The average Bonchev–Trinajstić information content (AvgIpc) is 2.61. The average molecular weight is 239 g/mol. The Kier molecular flexibility index (Phi) is 3.25. The molecule has 88 valence electrons. The molecule has 2 heterocycles. The summed E-state index contributed by atoms with van der Waals surface area (Å²) in [4.78, 5) is 21.2. The fraction of sp³-hybridized carbons (Fsp3) is 0.636. The zero-order valence-corrected chi connectivity index (χ0v) is 10.8. The van der Waals surface area contributed by atoms with Gasteiger partial charge < -0.3 is 9.80 Å². The lowest BCUT2D eigenvalue weighted by Gasteiger charge is -2.32. The summed E-state index contributed by atoms with van der Waals surface area (Å²) in [5.41, 5.74) is 0.867. The highest BCUT2D eigenvalue weighted by Crippen LogP contribution is 2.26. The number of rotatable bonds is 2. The number of nitrogens with zero attached hydrogens (tertiary/aromatic N) is 3. The van der Waals surface area contributed by atoms with Gasteiger partial charge in [0.25, 0.3) is 0 Å². The molecule has 0 radical (unpaired) electrons. The summed E-state index contributed by atoms with van der Waals surface area (Å²) >= 11 is 1.52.